The van der Waals surface area contributed by atoms with Gasteiger partial charge in [0, 0.05) is 39.5 Å². The zero-order chi connectivity index (χ0) is 19.6. The summed E-state index contributed by atoms with van der Waals surface area (Å²) in [5, 5.41) is 0. The Morgan fingerprint density at radius 2 is 2.04 bits per heavy atom. The Bertz CT molecular complexity index is 617. The Morgan fingerprint density at radius 1 is 1.26 bits per heavy atom. The first-order chi connectivity index (χ1) is 13.0. The molecule has 0 saturated carbocycles. The summed E-state index contributed by atoms with van der Waals surface area (Å²) in [7, 11) is 3.26. The van der Waals surface area contributed by atoms with Gasteiger partial charge in [-0.3, -0.25) is 9.59 Å². The van der Waals surface area contributed by atoms with Crippen molar-refractivity contribution in [3.05, 3.63) is 35.4 Å². The molecule has 1 saturated heterocycles. The molecule has 2 rings (SSSR count). The Hall–Kier alpha value is -1.88. The highest BCUT2D eigenvalue weighted by Crippen LogP contribution is 2.19. The third-order valence-corrected chi connectivity index (χ3v) is 5.52. The molecule has 27 heavy (non-hydrogen) atoms. The van der Waals surface area contributed by atoms with Crippen molar-refractivity contribution in [2.75, 3.05) is 40.3 Å². The van der Waals surface area contributed by atoms with E-state index in [0.717, 1.165) is 32.6 Å². The predicted octanol–water partition coefficient (Wildman–Crippen LogP) is 3.05. The molecule has 1 heterocycles. The summed E-state index contributed by atoms with van der Waals surface area (Å²) in [6.45, 7) is 6.27. The lowest BCUT2D eigenvalue weighted by Gasteiger charge is -2.35. The van der Waals surface area contributed by atoms with Crippen molar-refractivity contribution in [3.63, 3.8) is 0 Å². The third-order valence-electron chi connectivity index (χ3n) is 5.52. The van der Waals surface area contributed by atoms with Crippen molar-refractivity contribution in [2.45, 2.75) is 45.4 Å². The van der Waals surface area contributed by atoms with Gasteiger partial charge >= 0.3 is 5.97 Å². The van der Waals surface area contributed by atoms with E-state index in [0.29, 0.717) is 25.2 Å². The Kier molecular flexibility index (Phi) is 8.79. The topological polar surface area (TPSA) is 49.9 Å². The fourth-order valence-corrected chi connectivity index (χ4v) is 3.84. The van der Waals surface area contributed by atoms with Crippen LogP contribution in [0, 0.1) is 12.8 Å². The normalized spacial score (nSPS) is 17.5. The molecule has 1 aliphatic rings. The fourth-order valence-electron chi connectivity index (χ4n) is 3.84. The quantitative estimate of drug-likeness (QED) is 0.624. The monoisotopic (exact) mass is 374 g/mol. The van der Waals surface area contributed by atoms with Crippen molar-refractivity contribution in [3.8, 4) is 0 Å². The van der Waals surface area contributed by atoms with Crippen LogP contribution < -0.4 is 0 Å². The maximum atomic E-state index is 12.3. The first-order valence-electron chi connectivity index (χ1n) is 10.1. The second-order valence-corrected chi connectivity index (χ2v) is 7.69. The standard InChI is InChI=1S/C22H34N2O3/c1-18-8-4-5-10-20(18)13-15-24-14-7-9-19(17-24)16-23(2)21(25)11-6-12-22(26)27-3/h4-5,8,10,19H,6-7,9,11-17H2,1-3H3/t19-/m1/s1. The van der Waals surface area contributed by atoms with E-state index < -0.39 is 0 Å². The van der Waals surface area contributed by atoms with Crippen LogP contribution in [-0.2, 0) is 20.7 Å². The lowest BCUT2D eigenvalue weighted by Crippen LogP contribution is -2.42. The van der Waals surface area contributed by atoms with Crippen LogP contribution >= 0.6 is 0 Å². The van der Waals surface area contributed by atoms with Crippen LogP contribution in [0.1, 0.15) is 43.2 Å². The molecular formula is C22H34N2O3. The molecule has 150 valence electrons. The SMILES string of the molecule is COC(=O)CCCC(=O)N(C)C[C@H]1CCCN(CCc2ccccc2C)C1. The van der Waals surface area contributed by atoms with Crippen molar-refractivity contribution in [1.29, 1.82) is 0 Å². The van der Waals surface area contributed by atoms with Gasteiger partial charge in [0.25, 0.3) is 0 Å². The Labute approximate surface area is 163 Å². The number of nitrogens with zero attached hydrogens (tertiary/aromatic N) is 2. The molecule has 5 nitrogen and oxygen atoms in total. The second-order valence-electron chi connectivity index (χ2n) is 7.69. The number of hydrogen-bond donors (Lipinski definition) is 0. The van der Waals surface area contributed by atoms with Gasteiger partial charge in [0.15, 0.2) is 0 Å². The summed E-state index contributed by atoms with van der Waals surface area (Å²) < 4.78 is 4.62. The molecule has 1 amide bonds. The van der Waals surface area contributed by atoms with E-state index >= 15 is 0 Å². The maximum Gasteiger partial charge on any atom is 0.305 e. The van der Waals surface area contributed by atoms with Crippen LogP contribution in [0.4, 0.5) is 0 Å². The van der Waals surface area contributed by atoms with Crippen molar-refractivity contribution in [1.82, 2.24) is 9.80 Å². The number of amides is 1. The summed E-state index contributed by atoms with van der Waals surface area (Å²) in [6, 6.07) is 8.60. The minimum atomic E-state index is -0.248. The van der Waals surface area contributed by atoms with Gasteiger partial charge in [-0.2, -0.15) is 0 Å². The van der Waals surface area contributed by atoms with E-state index in [4.69, 9.17) is 0 Å². The van der Waals surface area contributed by atoms with Gasteiger partial charge in [0.05, 0.1) is 7.11 Å². The smallest absolute Gasteiger partial charge is 0.305 e. The number of likely N-dealkylation sites (tertiary alicyclic amines) is 1. The lowest BCUT2D eigenvalue weighted by molar-refractivity contribution is -0.140. The van der Waals surface area contributed by atoms with Gasteiger partial charge in [0.2, 0.25) is 5.91 Å². The van der Waals surface area contributed by atoms with Crippen LogP contribution in [0.15, 0.2) is 24.3 Å². The van der Waals surface area contributed by atoms with Gasteiger partial charge < -0.3 is 14.5 Å². The lowest BCUT2D eigenvalue weighted by atomic mass is 9.96. The molecule has 0 aromatic heterocycles. The number of carbonyl (C=O) groups is 2. The number of esters is 1. The van der Waals surface area contributed by atoms with E-state index in [9.17, 15) is 9.59 Å². The van der Waals surface area contributed by atoms with E-state index in [1.54, 1.807) is 0 Å². The number of rotatable bonds is 9. The molecule has 0 spiro atoms. The molecular weight excluding hydrogens is 340 g/mol. The molecule has 1 aromatic rings. The Morgan fingerprint density at radius 3 is 2.78 bits per heavy atom. The molecule has 1 fully saturated rings. The van der Waals surface area contributed by atoms with Crippen LogP contribution in [0.5, 0.6) is 0 Å². The van der Waals surface area contributed by atoms with Gasteiger partial charge in [-0.05, 0) is 56.2 Å². The predicted molar refractivity (Wildman–Crippen MR) is 108 cm³/mol. The molecule has 5 heteroatoms. The van der Waals surface area contributed by atoms with Gasteiger partial charge in [0.1, 0.15) is 0 Å². The molecule has 0 aliphatic carbocycles. The van der Waals surface area contributed by atoms with Crippen molar-refractivity contribution < 1.29 is 14.3 Å². The highest BCUT2D eigenvalue weighted by molar-refractivity contribution is 5.77. The molecule has 1 atom stereocenters. The van der Waals surface area contributed by atoms with Gasteiger partial charge in [-0.25, -0.2) is 0 Å². The summed E-state index contributed by atoms with van der Waals surface area (Å²) in [5.41, 5.74) is 2.79. The molecule has 1 aromatic carbocycles. The van der Waals surface area contributed by atoms with Crippen LogP contribution in [0.2, 0.25) is 0 Å². The molecule has 0 radical (unpaired) electrons. The van der Waals surface area contributed by atoms with Gasteiger partial charge in [-0.15, -0.1) is 0 Å². The summed E-state index contributed by atoms with van der Waals surface area (Å²) in [5.74, 6) is 0.406. The largest absolute Gasteiger partial charge is 0.469 e. The molecule has 0 unspecified atom stereocenters. The van der Waals surface area contributed by atoms with E-state index in [-0.39, 0.29) is 11.9 Å². The molecule has 1 aliphatic heterocycles. The van der Waals surface area contributed by atoms with Crippen LogP contribution in [0.25, 0.3) is 0 Å². The summed E-state index contributed by atoms with van der Waals surface area (Å²) >= 11 is 0. The first-order valence-corrected chi connectivity index (χ1v) is 10.1. The Balaban J connectivity index is 1.72. The average molecular weight is 375 g/mol. The van der Waals surface area contributed by atoms with Crippen LogP contribution in [-0.4, -0.2) is 62.0 Å². The first kappa shape index (κ1) is 21.4. The van der Waals surface area contributed by atoms with E-state index in [2.05, 4.69) is 40.8 Å². The molecule has 0 N–H and O–H groups in total. The van der Waals surface area contributed by atoms with Crippen LogP contribution in [0.3, 0.4) is 0 Å². The number of piperidine rings is 1. The van der Waals surface area contributed by atoms with E-state index in [1.165, 1.54) is 31.1 Å². The number of benzene rings is 1. The third kappa shape index (κ3) is 7.33. The van der Waals surface area contributed by atoms with Gasteiger partial charge in [-0.1, -0.05) is 24.3 Å². The molecule has 0 bridgehead atoms. The zero-order valence-electron chi connectivity index (χ0n) is 17.1. The highest BCUT2D eigenvalue weighted by Gasteiger charge is 2.22. The average Bonchev–Trinajstić information content (AvgIpc) is 2.67. The zero-order valence-corrected chi connectivity index (χ0v) is 17.1. The number of methoxy groups -OCH3 is 1. The minimum absolute atomic E-state index is 0.121. The highest BCUT2D eigenvalue weighted by atomic mass is 16.5. The van der Waals surface area contributed by atoms with E-state index in [1.807, 2.05) is 11.9 Å². The van der Waals surface area contributed by atoms with Crippen molar-refractivity contribution in [2.24, 2.45) is 5.92 Å². The maximum absolute atomic E-state index is 12.3. The van der Waals surface area contributed by atoms with Crippen molar-refractivity contribution >= 4 is 11.9 Å². The number of ether oxygens (including phenoxy) is 1. The minimum Gasteiger partial charge on any atom is -0.469 e. The summed E-state index contributed by atoms with van der Waals surface area (Å²) in [6.07, 6.45) is 4.75. The second kappa shape index (κ2) is 11.1. The number of aryl methyl sites for hydroxylation is 1. The number of carbonyl (C=O) groups excluding carboxylic acids is 2. The number of hydrogen-bond acceptors (Lipinski definition) is 4. The fraction of sp³-hybridized carbons (Fsp3) is 0.636. The summed E-state index contributed by atoms with van der Waals surface area (Å²) in [4.78, 5) is 27.8.